The number of hydrogen-bond acceptors (Lipinski definition) is 6. The number of ether oxygens (including phenoxy) is 2. The molecule has 35 heavy (non-hydrogen) atoms. The highest BCUT2D eigenvalue weighted by molar-refractivity contribution is 5.97. The molecule has 7 nitrogen and oxygen atoms in total. The molecule has 184 valence electrons. The number of piperazine rings is 1. The van der Waals surface area contributed by atoms with Gasteiger partial charge in [-0.05, 0) is 31.9 Å². The van der Waals surface area contributed by atoms with Gasteiger partial charge in [-0.3, -0.25) is 4.79 Å². The summed E-state index contributed by atoms with van der Waals surface area (Å²) in [5.41, 5.74) is 4.93. The quantitative estimate of drug-likeness (QED) is 0.508. The zero-order valence-corrected chi connectivity index (χ0v) is 21.5. The Kier molecular flexibility index (Phi) is 7.24. The molecular formula is C28H34N4O3. The highest BCUT2D eigenvalue weighted by atomic mass is 16.5. The molecular weight excluding hydrogens is 440 g/mol. The Morgan fingerprint density at radius 2 is 1.60 bits per heavy atom. The normalized spacial score (nSPS) is 13.8. The van der Waals surface area contributed by atoms with E-state index < -0.39 is 0 Å². The Morgan fingerprint density at radius 3 is 2.20 bits per heavy atom. The molecule has 0 aliphatic carbocycles. The van der Waals surface area contributed by atoms with Gasteiger partial charge in [0.2, 0.25) is 0 Å². The van der Waals surface area contributed by atoms with Gasteiger partial charge in [-0.15, -0.1) is 0 Å². The van der Waals surface area contributed by atoms with Crippen molar-refractivity contribution in [2.24, 2.45) is 0 Å². The van der Waals surface area contributed by atoms with E-state index in [0.29, 0.717) is 49.2 Å². The summed E-state index contributed by atoms with van der Waals surface area (Å²) in [7, 11) is 3.17. The summed E-state index contributed by atoms with van der Waals surface area (Å²) in [6.07, 6.45) is 0. The van der Waals surface area contributed by atoms with Gasteiger partial charge in [0.1, 0.15) is 17.3 Å². The maximum Gasteiger partial charge on any atom is 0.257 e. The summed E-state index contributed by atoms with van der Waals surface area (Å²) < 4.78 is 10.7. The first-order valence-electron chi connectivity index (χ1n) is 12.0. The van der Waals surface area contributed by atoms with Crippen LogP contribution in [0.2, 0.25) is 0 Å². The predicted octanol–water partition coefficient (Wildman–Crippen LogP) is 4.86. The first-order chi connectivity index (χ1) is 16.8. The van der Waals surface area contributed by atoms with E-state index in [2.05, 4.69) is 56.9 Å². The van der Waals surface area contributed by atoms with Crippen LogP contribution in [0.4, 0.5) is 5.82 Å². The largest absolute Gasteiger partial charge is 0.497 e. The average molecular weight is 475 g/mol. The molecule has 4 rings (SSSR count). The number of nitrogens with zero attached hydrogens (tertiary/aromatic N) is 4. The van der Waals surface area contributed by atoms with E-state index in [1.54, 1.807) is 32.4 Å². The summed E-state index contributed by atoms with van der Waals surface area (Å²) in [6, 6.07) is 13.6. The monoisotopic (exact) mass is 474 g/mol. The number of aromatic nitrogens is 2. The van der Waals surface area contributed by atoms with Crippen LogP contribution in [0.3, 0.4) is 0 Å². The number of anilines is 1. The molecule has 0 N–H and O–H groups in total. The zero-order valence-electron chi connectivity index (χ0n) is 21.5. The van der Waals surface area contributed by atoms with Crippen LogP contribution in [0.5, 0.6) is 11.5 Å². The smallest absolute Gasteiger partial charge is 0.257 e. The van der Waals surface area contributed by atoms with Crippen molar-refractivity contribution < 1.29 is 14.3 Å². The van der Waals surface area contributed by atoms with Crippen LogP contribution in [-0.2, 0) is 0 Å². The number of hydrogen-bond donors (Lipinski definition) is 0. The van der Waals surface area contributed by atoms with Crippen molar-refractivity contribution in [2.75, 3.05) is 45.3 Å². The fourth-order valence-electron chi connectivity index (χ4n) is 4.58. The minimum absolute atomic E-state index is 0.0348. The molecule has 2 heterocycles. The van der Waals surface area contributed by atoms with Gasteiger partial charge >= 0.3 is 0 Å². The van der Waals surface area contributed by atoms with Crippen molar-refractivity contribution in [2.45, 2.75) is 33.6 Å². The molecule has 3 aromatic rings. The molecule has 0 saturated carbocycles. The topological polar surface area (TPSA) is 67.8 Å². The number of carbonyl (C=O) groups excluding carboxylic acids is 1. The molecule has 0 unspecified atom stereocenters. The van der Waals surface area contributed by atoms with Crippen LogP contribution in [-0.4, -0.2) is 61.2 Å². The highest BCUT2D eigenvalue weighted by Crippen LogP contribution is 2.32. The number of rotatable bonds is 6. The van der Waals surface area contributed by atoms with Crippen molar-refractivity contribution >= 4 is 11.7 Å². The number of amides is 1. The second kappa shape index (κ2) is 10.3. The lowest BCUT2D eigenvalue weighted by Gasteiger charge is -2.37. The first-order valence-corrected chi connectivity index (χ1v) is 12.0. The van der Waals surface area contributed by atoms with Crippen molar-refractivity contribution in [3.05, 3.63) is 64.8 Å². The molecule has 7 heteroatoms. The lowest BCUT2D eigenvalue weighted by molar-refractivity contribution is 0.0743. The number of carbonyl (C=O) groups is 1. The summed E-state index contributed by atoms with van der Waals surface area (Å²) in [4.78, 5) is 27.3. The van der Waals surface area contributed by atoms with Crippen LogP contribution < -0.4 is 14.4 Å². The summed E-state index contributed by atoms with van der Waals surface area (Å²) >= 11 is 0. The van der Waals surface area contributed by atoms with E-state index >= 15 is 0 Å². The molecule has 0 atom stereocenters. The molecule has 1 fully saturated rings. The molecule has 0 bridgehead atoms. The van der Waals surface area contributed by atoms with E-state index in [-0.39, 0.29) is 5.91 Å². The van der Waals surface area contributed by atoms with Crippen LogP contribution in [0, 0.1) is 13.8 Å². The third-order valence-electron chi connectivity index (χ3n) is 6.51. The number of aryl methyl sites for hydroxylation is 2. The van der Waals surface area contributed by atoms with Crippen LogP contribution in [0.25, 0.3) is 11.4 Å². The van der Waals surface area contributed by atoms with Gasteiger partial charge in [-0.2, -0.15) is 0 Å². The molecule has 0 radical (unpaired) electrons. The van der Waals surface area contributed by atoms with E-state index in [9.17, 15) is 4.79 Å². The molecule has 1 saturated heterocycles. The number of benzene rings is 2. The van der Waals surface area contributed by atoms with Crippen LogP contribution in [0.1, 0.15) is 46.9 Å². The maximum atomic E-state index is 13.3. The van der Waals surface area contributed by atoms with Gasteiger partial charge in [0, 0.05) is 49.1 Å². The highest BCUT2D eigenvalue weighted by Gasteiger charge is 2.28. The standard InChI is InChI=1S/C28H34N4O3/c1-18(2)25-20(4)29-26(21-9-7-19(3)8-10-21)30-27(25)31-13-15-32(16-14-31)28(33)23-12-11-22(34-5)17-24(23)35-6/h7-12,17-18H,13-16H2,1-6H3. The van der Waals surface area contributed by atoms with E-state index in [0.717, 1.165) is 28.5 Å². The SMILES string of the molecule is COc1ccc(C(=O)N2CCN(c3nc(-c4ccc(C)cc4)nc(C)c3C(C)C)CC2)c(OC)c1. The summed E-state index contributed by atoms with van der Waals surface area (Å²) in [6.45, 7) is 11.1. The third kappa shape index (κ3) is 5.09. The Bertz CT molecular complexity index is 1200. The molecule has 1 aliphatic rings. The van der Waals surface area contributed by atoms with Gasteiger partial charge in [0.15, 0.2) is 5.82 Å². The lowest BCUT2D eigenvalue weighted by atomic mass is 10.0. The van der Waals surface area contributed by atoms with Crippen LogP contribution >= 0.6 is 0 Å². The van der Waals surface area contributed by atoms with Gasteiger partial charge in [-0.1, -0.05) is 43.7 Å². The fraction of sp³-hybridized carbons (Fsp3) is 0.393. The maximum absolute atomic E-state index is 13.3. The van der Waals surface area contributed by atoms with E-state index in [4.69, 9.17) is 19.4 Å². The van der Waals surface area contributed by atoms with Gasteiger partial charge in [0.05, 0.1) is 19.8 Å². The second-order valence-electron chi connectivity index (χ2n) is 9.24. The van der Waals surface area contributed by atoms with Crippen molar-refractivity contribution in [3.8, 4) is 22.9 Å². The lowest BCUT2D eigenvalue weighted by Crippen LogP contribution is -2.49. The molecule has 1 amide bonds. The van der Waals surface area contributed by atoms with E-state index in [1.165, 1.54) is 5.56 Å². The van der Waals surface area contributed by atoms with Gasteiger partial charge in [-0.25, -0.2) is 9.97 Å². The Balaban J connectivity index is 1.58. The molecule has 0 spiro atoms. The minimum atomic E-state index is -0.0348. The van der Waals surface area contributed by atoms with Gasteiger partial charge < -0.3 is 19.3 Å². The summed E-state index contributed by atoms with van der Waals surface area (Å²) in [5, 5.41) is 0. The van der Waals surface area contributed by atoms with Crippen molar-refractivity contribution in [1.29, 1.82) is 0 Å². The summed E-state index contributed by atoms with van der Waals surface area (Å²) in [5.74, 6) is 3.15. The Hall–Kier alpha value is -3.61. The number of methoxy groups -OCH3 is 2. The predicted molar refractivity (Wildman–Crippen MR) is 139 cm³/mol. The third-order valence-corrected chi connectivity index (χ3v) is 6.51. The van der Waals surface area contributed by atoms with Crippen LogP contribution in [0.15, 0.2) is 42.5 Å². The van der Waals surface area contributed by atoms with Crippen molar-refractivity contribution in [1.82, 2.24) is 14.9 Å². The second-order valence-corrected chi connectivity index (χ2v) is 9.24. The van der Waals surface area contributed by atoms with Crippen molar-refractivity contribution in [3.63, 3.8) is 0 Å². The Morgan fingerprint density at radius 1 is 0.914 bits per heavy atom. The minimum Gasteiger partial charge on any atom is -0.497 e. The molecule has 2 aromatic carbocycles. The van der Waals surface area contributed by atoms with E-state index in [1.807, 2.05) is 4.90 Å². The fourth-order valence-corrected chi connectivity index (χ4v) is 4.58. The zero-order chi connectivity index (χ0) is 25.1. The average Bonchev–Trinajstić information content (AvgIpc) is 2.87. The molecule has 1 aromatic heterocycles. The Labute approximate surface area is 207 Å². The first kappa shape index (κ1) is 24.5. The van der Waals surface area contributed by atoms with Gasteiger partial charge in [0.25, 0.3) is 5.91 Å². The molecule has 1 aliphatic heterocycles.